The van der Waals surface area contributed by atoms with Crippen molar-refractivity contribution in [3.63, 3.8) is 0 Å². The smallest absolute Gasteiger partial charge is 0.335 e. The lowest BCUT2D eigenvalue weighted by Crippen LogP contribution is -2.51. The first-order chi connectivity index (χ1) is 22.6. The molecule has 0 aromatic heterocycles. The first kappa shape index (κ1) is 32.0. The lowest BCUT2D eigenvalue weighted by atomic mass is 9.91. The van der Waals surface area contributed by atoms with E-state index >= 15 is 4.79 Å². The van der Waals surface area contributed by atoms with Gasteiger partial charge in [-0.05, 0) is 73.2 Å². The molecule has 4 aromatic rings. The lowest BCUT2D eigenvalue weighted by molar-refractivity contribution is -0.157. The van der Waals surface area contributed by atoms with Crippen LogP contribution in [-0.2, 0) is 35.4 Å². The Hall–Kier alpha value is -4.99. The van der Waals surface area contributed by atoms with Crippen molar-refractivity contribution >= 4 is 18.0 Å². The molecule has 0 radical (unpaired) electrons. The zero-order valence-corrected chi connectivity index (χ0v) is 26.4. The van der Waals surface area contributed by atoms with Gasteiger partial charge in [-0.15, -0.1) is 0 Å². The van der Waals surface area contributed by atoms with Gasteiger partial charge in [0.2, 0.25) is 0 Å². The molecule has 2 N–H and O–H groups in total. The Morgan fingerprint density at radius 3 is 1.38 bits per heavy atom. The summed E-state index contributed by atoms with van der Waals surface area (Å²) in [6.45, 7) is 4.02. The molecule has 9 nitrogen and oxygen atoms in total. The molecule has 6 rings (SSSR count). The number of fused-ring (bicyclic) bond motifs is 1. The molecule has 9 heteroatoms. The van der Waals surface area contributed by atoms with Crippen LogP contribution in [0.25, 0.3) is 0 Å². The molecule has 2 aliphatic rings. The number of carboxylic acid groups (broad SMARTS) is 2. The van der Waals surface area contributed by atoms with Gasteiger partial charge in [0.25, 0.3) is 0 Å². The largest absolute Gasteiger partial charge is 0.478 e. The maximum absolute atomic E-state index is 15.1. The standard InChI is InChI=1S/C38H38N2O7/c1-38(2)46-33-31(21-25-11-5-3-6-12-25)39(23-27-15-9-17-29(19-27)35(41)42)37(45)40(24-28-16-10-18-30(20-28)36(43)44)32(34(33)47-38)22-26-13-7-4-8-14-26/h3-20,31-34H,21-24H2,1-2H3,(H,41,42)(H,43,44)/t31-,32-,33+,34+/m1/s1. The van der Waals surface area contributed by atoms with Gasteiger partial charge in [0.15, 0.2) is 5.79 Å². The van der Waals surface area contributed by atoms with Crippen LogP contribution in [0.3, 0.4) is 0 Å². The van der Waals surface area contributed by atoms with Crippen molar-refractivity contribution in [3.05, 3.63) is 143 Å². The quantitative estimate of drug-likeness (QED) is 0.211. The molecule has 4 atom stereocenters. The van der Waals surface area contributed by atoms with Gasteiger partial charge in [-0.1, -0.05) is 84.9 Å². The van der Waals surface area contributed by atoms with Crippen LogP contribution < -0.4 is 0 Å². The summed E-state index contributed by atoms with van der Waals surface area (Å²) in [4.78, 5) is 42.4. The molecule has 0 bridgehead atoms. The summed E-state index contributed by atoms with van der Waals surface area (Å²) in [6, 6.07) is 31.8. The summed E-state index contributed by atoms with van der Waals surface area (Å²) in [5.41, 5.74) is 3.63. The highest BCUT2D eigenvalue weighted by atomic mass is 16.8. The van der Waals surface area contributed by atoms with Crippen LogP contribution in [0.1, 0.15) is 56.8 Å². The minimum absolute atomic E-state index is 0.133. The number of aromatic carboxylic acids is 2. The number of ether oxygens (including phenoxy) is 2. The van der Waals surface area contributed by atoms with E-state index in [1.165, 1.54) is 12.1 Å². The fraction of sp³-hybridized carbons (Fsp3) is 0.289. The first-order valence-electron chi connectivity index (χ1n) is 15.7. The van der Waals surface area contributed by atoms with E-state index in [2.05, 4.69) is 0 Å². The van der Waals surface area contributed by atoms with Gasteiger partial charge in [-0.2, -0.15) is 0 Å². The summed E-state index contributed by atoms with van der Waals surface area (Å²) in [5, 5.41) is 19.4. The molecule has 2 aliphatic heterocycles. The number of carboxylic acids is 2. The van der Waals surface area contributed by atoms with Crippen molar-refractivity contribution in [3.8, 4) is 0 Å². The second-order valence-electron chi connectivity index (χ2n) is 12.6. The zero-order chi connectivity index (χ0) is 33.1. The van der Waals surface area contributed by atoms with Crippen molar-refractivity contribution in [2.24, 2.45) is 0 Å². The van der Waals surface area contributed by atoms with Gasteiger partial charge in [0.05, 0.1) is 23.2 Å². The van der Waals surface area contributed by atoms with Gasteiger partial charge in [-0.25, -0.2) is 14.4 Å². The number of carbonyl (C=O) groups is 3. The van der Waals surface area contributed by atoms with E-state index in [9.17, 15) is 19.8 Å². The normalized spacial score (nSPS) is 22.0. The topological polar surface area (TPSA) is 117 Å². The minimum Gasteiger partial charge on any atom is -0.478 e. The molecule has 0 aliphatic carbocycles. The minimum atomic E-state index is -1.05. The fourth-order valence-corrected chi connectivity index (χ4v) is 6.75. The number of hydrogen-bond acceptors (Lipinski definition) is 5. The number of rotatable bonds is 10. The molecule has 47 heavy (non-hydrogen) atoms. The van der Waals surface area contributed by atoms with Gasteiger partial charge in [0.1, 0.15) is 12.2 Å². The van der Waals surface area contributed by atoms with Crippen molar-refractivity contribution in [1.82, 2.24) is 9.80 Å². The van der Waals surface area contributed by atoms with Crippen molar-refractivity contribution in [2.75, 3.05) is 0 Å². The van der Waals surface area contributed by atoms with Crippen LogP contribution in [0, 0.1) is 0 Å². The van der Waals surface area contributed by atoms with E-state index in [1.54, 1.807) is 34.1 Å². The van der Waals surface area contributed by atoms with Crippen molar-refractivity contribution in [2.45, 2.75) is 69.9 Å². The van der Waals surface area contributed by atoms with Crippen molar-refractivity contribution < 1.29 is 34.1 Å². The summed E-state index contributed by atoms with van der Waals surface area (Å²) >= 11 is 0. The number of hydrogen-bond donors (Lipinski definition) is 2. The highest BCUT2D eigenvalue weighted by Gasteiger charge is 2.55. The van der Waals surface area contributed by atoms with Crippen LogP contribution in [0.15, 0.2) is 109 Å². The summed E-state index contributed by atoms with van der Waals surface area (Å²) < 4.78 is 13.4. The Labute approximate surface area is 274 Å². The summed E-state index contributed by atoms with van der Waals surface area (Å²) in [6.07, 6.45) is -0.0972. The van der Waals surface area contributed by atoms with Crippen LogP contribution in [0.4, 0.5) is 4.79 Å². The molecule has 0 unspecified atom stereocenters. The number of nitrogens with zero attached hydrogens (tertiary/aromatic N) is 2. The Morgan fingerprint density at radius 2 is 1.00 bits per heavy atom. The van der Waals surface area contributed by atoms with Crippen LogP contribution >= 0.6 is 0 Å². The number of urea groups is 1. The van der Waals surface area contributed by atoms with E-state index in [4.69, 9.17) is 9.47 Å². The Kier molecular flexibility index (Phi) is 9.11. The molecular weight excluding hydrogens is 596 g/mol. The monoisotopic (exact) mass is 634 g/mol. The van der Waals surface area contributed by atoms with Crippen molar-refractivity contribution in [1.29, 1.82) is 0 Å². The molecule has 0 saturated carbocycles. The molecule has 0 spiro atoms. The number of amides is 2. The van der Waals surface area contributed by atoms with E-state index in [1.807, 2.05) is 86.6 Å². The zero-order valence-electron chi connectivity index (χ0n) is 26.4. The Balaban J connectivity index is 1.50. The maximum Gasteiger partial charge on any atom is 0.335 e. The van der Waals surface area contributed by atoms with Crippen LogP contribution in [-0.4, -0.2) is 68.1 Å². The number of carbonyl (C=O) groups excluding carboxylic acids is 1. The predicted octanol–water partition coefficient (Wildman–Crippen LogP) is 6.26. The third-order valence-corrected chi connectivity index (χ3v) is 8.84. The molecule has 2 heterocycles. The van der Waals surface area contributed by atoms with E-state index < -0.39 is 42.0 Å². The average Bonchev–Trinajstić information content (AvgIpc) is 3.36. The van der Waals surface area contributed by atoms with Gasteiger partial charge in [0, 0.05) is 13.1 Å². The molecule has 4 aromatic carbocycles. The van der Waals surface area contributed by atoms with Gasteiger partial charge < -0.3 is 29.5 Å². The van der Waals surface area contributed by atoms with E-state index in [0.29, 0.717) is 24.0 Å². The Bertz CT molecular complexity index is 1620. The summed E-state index contributed by atoms with van der Waals surface area (Å²) in [7, 11) is 0. The van der Waals surface area contributed by atoms with Crippen LogP contribution in [0.5, 0.6) is 0 Å². The molecular formula is C38H38N2O7. The molecule has 2 fully saturated rings. The molecule has 242 valence electrons. The first-order valence-corrected chi connectivity index (χ1v) is 15.7. The second kappa shape index (κ2) is 13.4. The van der Waals surface area contributed by atoms with Gasteiger partial charge in [-0.3, -0.25) is 0 Å². The SMILES string of the molecule is CC1(C)O[C@@H]2[C@@H](O1)[C@@H](Cc1ccccc1)N(Cc1cccc(C(=O)O)c1)C(=O)N(Cc1cccc(C(=O)O)c1)[C@@H]2Cc1ccccc1. The lowest BCUT2D eigenvalue weighted by Gasteiger charge is -2.37. The van der Waals surface area contributed by atoms with E-state index in [-0.39, 0.29) is 30.2 Å². The third-order valence-electron chi connectivity index (χ3n) is 8.84. The summed E-state index contributed by atoms with van der Waals surface area (Å²) in [5.74, 6) is -3.04. The van der Waals surface area contributed by atoms with E-state index in [0.717, 1.165) is 11.1 Å². The molecule has 2 saturated heterocycles. The maximum atomic E-state index is 15.1. The number of benzene rings is 4. The predicted molar refractivity (Wildman–Crippen MR) is 175 cm³/mol. The Morgan fingerprint density at radius 1 is 0.617 bits per heavy atom. The molecule has 2 amide bonds. The van der Waals surface area contributed by atoms with Crippen LogP contribution in [0.2, 0.25) is 0 Å². The highest BCUT2D eigenvalue weighted by molar-refractivity contribution is 5.88. The second-order valence-corrected chi connectivity index (χ2v) is 12.6. The fourth-order valence-electron chi connectivity index (χ4n) is 6.75. The van der Waals surface area contributed by atoms with Gasteiger partial charge >= 0.3 is 18.0 Å². The highest BCUT2D eigenvalue weighted by Crippen LogP contribution is 2.40. The average molecular weight is 635 g/mol. The third kappa shape index (κ3) is 7.21.